The van der Waals surface area contributed by atoms with E-state index in [-0.39, 0.29) is 112 Å². The molecule has 0 bridgehead atoms. The summed E-state index contributed by atoms with van der Waals surface area (Å²) in [6.45, 7) is 1.55. The second kappa shape index (κ2) is 22.4. The van der Waals surface area contributed by atoms with Crippen molar-refractivity contribution in [3.05, 3.63) is 182 Å². The van der Waals surface area contributed by atoms with Gasteiger partial charge in [-0.25, -0.2) is 19.3 Å². The van der Waals surface area contributed by atoms with Crippen molar-refractivity contribution in [1.82, 2.24) is 35.2 Å². The van der Waals surface area contributed by atoms with Crippen LogP contribution in [-0.4, -0.2) is 125 Å². The number of carbonyl (C=O) groups excluding carboxylic acids is 5. The quantitative estimate of drug-likeness (QED) is 0.0827. The molecule has 2 aromatic heterocycles. The molecule has 7 aromatic rings. The van der Waals surface area contributed by atoms with Crippen LogP contribution in [0.15, 0.2) is 132 Å². The van der Waals surface area contributed by atoms with E-state index in [4.69, 9.17) is 21.1 Å². The van der Waals surface area contributed by atoms with Crippen molar-refractivity contribution in [1.29, 1.82) is 0 Å². The van der Waals surface area contributed by atoms with Crippen LogP contribution in [0.1, 0.15) is 56.1 Å². The van der Waals surface area contributed by atoms with Gasteiger partial charge in [0, 0.05) is 80.7 Å². The third-order valence-corrected chi connectivity index (χ3v) is 13.1. The molecule has 1 saturated heterocycles. The summed E-state index contributed by atoms with van der Waals surface area (Å²) in [4.78, 5) is 88.0. The molecule has 3 heterocycles. The van der Waals surface area contributed by atoms with Gasteiger partial charge in [-0.1, -0.05) is 96.5 Å². The van der Waals surface area contributed by atoms with E-state index in [0.29, 0.717) is 32.6 Å². The number of anilines is 1. The smallest absolute Gasteiger partial charge is 0.410 e. The average Bonchev–Trinajstić information content (AvgIpc) is 3.72. The molecule has 5 aromatic carbocycles. The largest absolute Gasteiger partial charge is 0.448 e. The Morgan fingerprint density at radius 2 is 1.51 bits per heavy atom. The van der Waals surface area contributed by atoms with E-state index >= 15 is 4.39 Å². The summed E-state index contributed by atoms with van der Waals surface area (Å²) in [7, 11) is 0. The molecule has 16 nitrogen and oxygen atoms in total. The molecular formula is C55H50ClFN8O8. The van der Waals surface area contributed by atoms with Crippen LogP contribution in [0, 0.1) is 5.82 Å². The van der Waals surface area contributed by atoms with Crippen LogP contribution in [0.4, 0.5) is 14.9 Å². The highest BCUT2D eigenvalue weighted by Crippen LogP contribution is 2.44. The highest BCUT2D eigenvalue weighted by molar-refractivity contribution is 6.30. The first-order valence-corrected chi connectivity index (χ1v) is 24.1. The van der Waals surface area contributed by atoms with Gasteiger partial charge in [0.05, 0.1) is 35.5 Å². The van der Waals surface area contributed by atoms with Gasteiger partial charge in [-0.3, -0.25) is 28.9 Å². The molecule has 18 heteroatoms. The van der Waals surface area contributed by atoms with Crippen LogP contribution >= 0.6 is 11.6 Å². The van der Waals surface area contributed by atoms with Crippen molar-refractivity contribution in [3.8, 4) is 22.3 Å². The van der Waals surface area contributed by atoms with E-state index in [1.165, 1.54) is 35.1 Å². The van der Waals surface area contributed by atoms with Crippen LogP contribution in [-0.2, 0) is 25.5 Å². The molecule has 372 valence electrons. The fourth-order valence-electron chi connectivity index (χ4n) is 9.21. The molecule has 0 spiro atoms. The summed E-state index contributed by atoms with van der Waals surface area (Å²) in [6, 6.07) is 36.0. The highest BCUT2D eigenvalue weighted by Gasteiger charge is 2.32. The van der Waals surface area contributed by atoms with Gasteiger partial charge in [0.2, 0.25) is 11.8 Å². The maximum atomic E-state index is 15.3. The fraction of sp³-hybridized carbons (Fsp3) is 0.236. The summed E-state index contributed by atoms with van der Waals surface area (Å²) < 4.78 is 27.1. The lowest BCUT2D eigenvalue weighted by Crippen LogP contribution is -2.53. The number of fused-ring (bicyclic) bond motifs is 4. The van der Waals surface area contributed by atoms with Gasteiger partial charge in [-0.05, 0) is 69.8 Å². The highest BCUT2D eigenvalue weighted by atomic mass is 35.5. The zero-order valence-corrected chi connectivity index (χ0v) is 40.5. The molecule has 0 unspecified atom stereocenters. The molecule has 1 aliphatic heterocycles. The number of rotatable bonds is 16. The summed E-state index contributed by atoms with van der Waals surface area (Å²) >= 11 is 6.18. The van der Waals surface area contributed by atoms with Crippen LogP contribution in [0.2, 0.25) is 5.02 Å². The van der Waals surface area contributed by atoms with E-state index in [9.17, 15) is 28.8 Å². The van der Waals surface area contributed by atoms with Crippen molar-refractivity contribution < 1.29 is 37.8 Å². The minimum Gasteiger partial charge on any atom is -0.448 e. The number of halogens is 2. The fourth-order valence-corrected chi connectivity index (χ4v) is 9.40. The van der Waals surface area contributed by atoms with E-state index in [1.54, 1.807) is 59.5 Å². The van der Waals surface area contributed by atoms with Crippen molar-refractivity contribution >= 4 is 57.8 Å². The number of pyridine rings is 1. The monoisotopic (exact) mass is 1000 g/mol. The zero-order chi connectivity index (χ0) is 51.0. The van der Waals surface area contributed by atoms with Gasteiger partial charge in [0.15, 0.2) is 5.69 Å². The lowest BCUT2D eigenvalue weighted by molar-refractivity contribution is -0.133. The maximum absolute atomic E-state index is 15.3. The Morgan fingerprint density at radius 1 is 0.808 bits per heavy atom. The molecule has 5 amide bonds. The first-order valence-electron chi connectivity index (χ1n) is 23.7. The van der Waals surface area contributed by atoms with Crippen molar-refractivity contribution in [2.24, 2.45) is 0 Å². The van der Waals surface area contributed by atoms with Gasteiger partial charge in [0.1, 0.15) is 19.0 Å². The Hall–Kier alpha value is -8.28. The topological polar surface area (TPSA) is 196 Å². The van der Waals surface area contributed by atoms with E-state index in [1.807, 2.05) is 54.6 Å². The molecule has 1 fully saturated rings. The number of hydrogen-bond acceptors (Lipinski definition) is 10. The molecule has 9 rings (SSSR count). The second-order valence-corrected chi connectivity index (χ2v) is 18.1. The number of ether oxygens (including phenoxy) is 2. The number of nitrogens with zero attached hydrogens (tertiary/aromatic N) is 5. The molecule has 0 atom stereocenters. The second-order valence-electron chi connectivity index (χ2n) is 17.6. The Balaban J connectivity index is 0.820. The molecule has 0 radical (unpaired) electrons. The maximum Gasteiger partial charge on any atom is 0.410 e. The number of piperazine rings is 1. The van der Waals surface area contributed by atoms with E-state index in [0.717, 1.165) is 27.8 Å². The number of H-pyrrole nitrogens is 1. The van der Waals surface area contributed by atoms with Gasteiger partial charge in [-0.2, -0.15) is 5.10 Å². The van der Waals surface area contributed by atoms with Gasteiger partial charge < -0.3 is 29.9 Å². The molecule has 1 aliphatic carbocycles. The Kier molecular flexibility index (Phi) is 15.3. The van der Waals surface area contributed by atoms with Gasteiger partial charge >= 0.3 is 6.09 Å². The number of aromatic nitrogens is 3. The number of carbonyl (C=O) groups is 5. The van der Waals surface area contributed by atoms with Crippen LogP contribution in [0.3, 0.4) is 0 Å². The Labute approximate surface area is 424 Å². The van der Waals surface area contributed by atoms with Crippen LogP contribution < -0.4 is 16.2 Å². The number of amides is 5. The molecule has 2 aliphatic rings. The Bertz CT molecular complexity index is 3260. The summed E-state index contributed by atoms with van der Waals surface area (Å²) in [5.74, 6) is -2.77. The predicted octanol–water partition coefficient (Wildman–Crippen LogP) is 7.31. The third kappa shape index (κ3) is 11.4. The summed E-state index contributed by atoms with van der Waals surface area (Å²) in [5, 5.41) is 13.8. The van der Waals surface area contributed by atoms with Crippen molar-refractivity contribution in [3.63, 3.8) is 0 Å². The predicted molar refractivity (Wildman–Crippen MR) is 273 cm³/mol. The number of aromatic amines is 1. The first kappa shape index (κ1) is 49.7. The zero-order valence-electron chi connectivity index (χ0n) is 39.7. The standard InChI is InChI=1S/C55H50ClFN8O8/c1-34(66)60-49-30-37(36-9-8-10-38(56)29-36)31-59-51(49)53(69)58-19-25-72-26-24-65(55(71)73-33-46-41-13-4-2-11-39(41)40-12-3-5-14-42(40)46)32-50(67)63-20-22-64(23-21-63)54(70)45-27-35(17-18-47(45)57)28-48-43-15-6-7-16-44(43)52(68)62-61-48/h2-18,27,29-31,46H,19-26,28,32-33H2,1H3,(H,58,69)(H,60,66)(H,62,68). The van der Waals surface area contributed by atoms with Crippen molar-refractivity contribution in [2.75, 3.05) is 71.0 Å². The van der Waals surface area contributed by atoms with Gasteiger partial charge in [0.25, 0.3) is 17.4 Å². The normalized spacial score (nSPS) is 13.0. The number of hydrogen-bond donors (Lipinski definition) is 3. The Morgan fingerprint density at radius 3 is 2.23 bits per heavy atom. The molecule has 3 N–H and O–H groups in total. The summed E-state index contributed by atoms with van der Waals surface area (Å²) in [5.41, 5.74) is 6.53. The number of benzene rings is 5. The van der Waals surface area contributed by atoms with E-state index < -0.39 is 23.7 Å². The average molecular weight is 1010 g/mol. The van der Waals surface area contributed by atoms with E-state index in [2.05, 4.69) is 25.8 Å². The first-order chi connectivity index (χ1) is 35.4. The SMILES string of the molecule is CC(=O)Nc1cc(-c2cccc(Cl)c2)cnc1C(=O)NCCOCCN(CC(=O)N1CCN(C(=O)c2cc(Cc3n[nH]c(=O)c4ccccc34)ccc2F)CC1)C(=O)OCC1c2ccccc2-c2ccccc21. The molecule has 0 saturated carbocycles. The van der Waals surface area contributed by atoms with Crippen LogP contribution in [0.25, 0.3) is 33.0 Å². The third-order valence-electron chi connectivity index (χ3n) is 12.9. The number of nitrogens with one attached hydrogen (secondary N) is 3. The lowest BCUT2D eigenvalue weighted by atomic mass is 9.98. The van der Waals surface area contributed by atoms with Crippen LogP contribution in [0.5, 0.6) is 0 Å². The molecule has 73 heavy (non-hydrogen) atoms. The lowest BCUT2D eigenvalue weighted by Gasteiger charge is -2.36. The summed E-state index contributed by atoms with van der Waals surface area (Å²) in [6.07, 6.45) is 1.03. The molecular weight excluding hydrogens is 955 g/mol. The van der Waals surface area contributed by atoms with Gasteiger partial charge in [-0.15, -0.1) is 0 Å². The minimum absolute atomic E-state index is 0.00148. The minimum atomic E-state index is -0.723. The van der Waals surface area contributed by atoms with Crippen molar-refractivity contribution in [2.45, 2.75) is 19.3 Å².